The quantitative estimate of drug-likeness (QED) is 0.418. The molecule has 0 saturated heterocycles. The number of hydrogen-bond acceptors (Lipinski definition) is 5. The van der Waals surface area contributed by atoms with E-state index in [0.29, 0.717) is 35.5 Å². The summed E-state index contributed by atoms with van der Waals surface area (Å²) in [6, 6.07) is 12.7. The summed E-state index contributed by atoms with van der Waals surface area (Å²) >= 11 is 5.87. The van der Waals surface area contributed by atoms with Crippen molar-refractivity contribution in [3.05, 3.63) is 53.1 Å². The van der Waals surface area contributed by atoms with Crippen LogP contribution in [0.4, 0.5) is 0 Å². The van der Waals surface area contributed by atoms with Crippen molar-refractivity contribution in [1.29, 1.82) is 0 Å². The zero-order valence-electron chi connectivity index (χ0n) is 13.0. The molecule has 0 spiro atoms. The Bertz CT molecular complexity index is 661. The molecule has 0 bridgehead atoms. The fourth-order valence-corrected chi connectivity index (χ4v) is 2.09. The Labute approximate surface area is 140 Å². The van der Waals surface area contributed by atoms with Gasteiger partial charge in [-0.1, -0.05) is 28.9 Å². The van der Waals surface area contributed by atoms with Gasteiger partial charge in [-0.05, 0) is 30.3 Å². The summed E-state index contributed by atoms with van der Waals surface area (Å²) < 4.78 is 16.0. The molecule has 0 atom stereocenters. The minimum Gasteiger partial charge on any atom is -0.493 e. The monoisotopic (exact) mass is 335 g/mol. The third-order valence-electron chi connectivity index (χ3n) is 2.94. The maximum absolute atomic E-state index is 5.87. The number of halogens is 1. The van der Waals surface area contributed by atoms with E-state index in [0.717, 1.165) is 5.56 Å². The molecule has 0 saturated carbocycles. The molecule has 0 unspecified atom stereocenters. The molecule has 0 aliphatic heterocycles. The molecule has 0 heterocycles. The van der Waals surface area contributed by atoms with Crippen LogP contribution < -0.4 is 14.2 Å². The number of nitrogens with zero attached hydrogens (tertiary/aromatic N) is 1. The van der Waals surface area contributed by atoms with E-state index in [2.05, 4.69) is 5.16 Å². The first-order valence-corrected chi connectivity index (χ1v) is 7.37. The lowest BCUT2D eigenvalue weighted by Gasteiger charge is -2.09. The molecule has 0 fully saturated rings. The zero-order chi connectivity index (χ0) is 16.5. The number of ether oxygens (including phenoxy) is 3. The number of methoxy groups -OCH3 is 2. The normalized spacial score (nSPS) is 10.6. The van der Waals surface area contributed by atoms with Crippen molar-refractivity contribution in [3.63, 3.8) is 0 Å². The lowest BCUT2D eigenvalue weighted by molar-refractivity contribution is 0.108. The van der Waals surface area contributed by atoms with E-state index in [1.807, 2.05) is 30.3 Å². The van der Waals surface area contributed by atoms with Gasteiger partial charge >= 0.3 is 0 Å². The van der Waals surface area contributed by atoms with Crippen molar-refractivity contribution in [2.24, 2.45) is 5.16 Å². The predicted molar refractivity (Wildman–Crippen MR) is 90.0 cm³/mol. The zero-order valence-corrected chi connectivity index (χ0v) is 13.7. The van der Waals surface area contributed by atoms with E-state index in [1.165, 1.54) is 0 Å². The van der Waals surface area contributed by atoms with Gasteiger partial charge in [-0.25, -0.2) is 0 Å². The summed E-state index contributed by atoms with van der Waals surface area (Å²) in [5.41, 5.74) is 0.766. The van der Waals surface area contributed by atoms with Gasteiger partial charge in [-0.15, -0.1) is 0 Å². The first-order valence-electron chi connectivity index (χ1n) is 6.99. The lowest BCUT2D eigenvalue weighted by atomic mass is 10.2. The first kappa shape index (κ1) is 17.0. The SMILES string of the molecule is COc1cccc(C=NOCCOc2cccc(Cl)c2)c1OC. The van der Waals surface area contributed by atoms with Gasteiger partial charge in [0, 0.05) is 10.6 Å². The Balaban J connectivity index is 1.81. The number of oxime groups is 1. The molecule has 0 aromatic heterocycles. The number of rotatable bonds is 8. The summed E-state index contributed by atoms with van der Waals surface area (Å²) in [6.45, 7) is 0.683. The van der Waals surface area contributed by atoms with Gasteiger partial charge in [-0.2, -0.15) is 0 Å². The lowest BCUT2D eigenvalue weighted by Crippen LogP contribution is -2.04. The Kier molecular flexibility index (Phi) is 6.56. The second-order valence-electron chi connectivity index (χ2n) is 4.46. The molecule has 122 valence electrons. The van der Waals surface area contributed by atoms with E-state index in [1.54, 1.807) is 32.6 Å². The number of hydrogen-bond donors (Lipinski definition) is 0. The molecule has 0 radical (unpaired) electrons. The number of benzene rings is 2. The van der Waals surface area contributed by atoms with Gasteiger partial charge in [-0.3, -0.25) is 0 Å². The van der Waals surface area contributed by atoms with Crippen LogP contribution in [-0.4, -0.2) is 33.6 Å². The van der Waals surface area contributed by atoms with Crippen LogP contribution in [0.2, 0.25) is 5.02 Å². The average molecular weight is 336 g/mol. The molecule has 2 rings (SSSR count). The highest BCUT2D eigenvalue weighted by Gasteiger charge is 2.07. The fourth-order valence-electron chi connectivity index (χ4n) is 1.91. The molecule has 0 N–H and O–H groups in total. The topological polar surface area (TPSA) is 49.3 Å². The van der Waals surface area contributed by atoms with Crippen LogP contribution in [0.25, 0.3) is 0 Å². The van der Waals surface area contributed by atoms with Gasteiger partial charge in [0.05, 0.1) is 20.4 Å². The third-order valence-corrected chi connectivity index (χ3v) is 3.17. The van der Waals surface area contributed by atoms with E-state index in [9.17, 15) is 0 Å². The van der Waals surface area contributed by atoms with Crippen molar-refractivity contribution >= 4 is 17.8 Å². The molecule has 0 aliphatic rings. The molecular weight excluding hydrogens is 318 g/mol. The second kappa shape index (κ2) is 8.90. The summed E-state index contributed by atoms with van der Waals surface area (Å²) in [5, 5.41) is 4.54. The van der Waals surface area contributed by atoms with Crippen molar-refractivity contribution < 1.29 is 19.0 Å². The molecular formula is C17H18ClNO4. The average Bonchev–Trinajstić information content (AvgIpc) is 2.57. The molecule has 0 aliphatic carbocycles. The highest BCUT2D eigenvalue weighted by Crippen LogP contribution is 2.29. The molecule has 0 amide bonds. The number of para-hydroxylation sites is 1. The largest absolute Gasteiger partial charge is 0.493 e. The minimum absolute atomic E-state index is 0.315. The smallest absolute Gasteiger partial charge is 0.169 e. The van der Waals surface area contributed by atoms with Gasteiger partial charge in [0.1, 0.15) is 12.4 Å². The van der Waals surface area contributed by atoms with Gasteiger partial charge in [0.15, 0.2) is 18.1 Å². The summed E-state index contributed by atoms with van der Waals surface area (Å²) in [6.07, 6.45) is 1.57. The van der Waals surface area contributed by atoms with Crippen molar-refractivity contribution in [1.82, 2.24) is 0 Å². The second-order valence-corrected chi connectivity index (χ2v) is 4.89. The molecule has 6 heteroatoms. The maximum atomic E-state index is 5.87. The molecule has 5 nitrogen and oxygen atoms in total. The maximum Gasteiger partial charge on any atom is 0.169 e. The van der Waals surface area contributed by atoms with Crippen molar-refractivity contribution in [2.75, 3.05) is 27.4 Å². The molecule has 23 heavy (non-hydrogen) atoms. The highest BCUT2D eigenvalue weighted by molar-refractivity contribution is 6.30. The molecule has 2 aromatic carbocycles. The van der Waals surface area contributed by atoms with Crippen LogP contribution in [0.3, 0.4) is 0 Å². The van der Waals surface area contributed by atoms with Crippen LogP contribution in [0.1, 0.15) is 5.56 Å². The van der Waals surface area contributed by atoms with Crippen molar-refractivity contribution in [3.8, 4) is 17.2 Å². The standard InChI is InChI=1S/C17H18ClNO4/c1-20-16-8-3-5-13(17(16)21-2)12-19-23-10-9-22-15-7-4-6-14(18)11-15/h3-8,11-12H,9-10H2,1-2H3. The van der Waals surface area contributed by atoms with Crippen LogP contribution in [-0.2, 0) is 4.84 Å². The third kappa shape index (κ3) is 5.07. The van der Waals surface area contributed by atoms with Gasteiger partial charge in [0.25, 0.3) is 0 Å². The van der Waals surface area contributed by atoms with Crippen LogP contribution >= 0.6 is 11.6 Å². The minimum atomic E-state index is 0.315. The van der Waals surface area contributed by atoms with Gasteiger partial charge < -0.3 is 19.0 Å². The van der Waals surface area contributed by atoms with E-state index in [-0.39, 0.29) is 0 Å². The summed E-state index contributed by atoms with van der Waals surface area (Å²) in [5.74, 6) is 1.94. The summed E-state index contributed by atoms with van der Waals surface area (Å²) in [4.78, 5) is 5.18. The molecule has 2 aromatic rings. The van der Waals surface area contributed by atoms with Gasteiger partial charge in [0.2, 0.25) is 0 Å². The van der Waals surface area contributed by atoms with E-state index < -0.39 is 0 Å². The Morgan fingerprint density at radius 2 is 1.87 bits per heavy atom. The summed E-state index contributed by atoms with van der Waals surface area (Å²) in [7, 11) is 3.16. The first-order chi connectivity index (χ1) is 11.2. The van der Waals surface area contributed by atoms with Crippen LogP contribution in [0.5, 0.6) is 17.2 Å². The Hall–Kier alpha value is -2.40. The predicted octanol–water partition coefficient (Wildman–Crippen LogP) is 3.79. The van der Waals surface area contributed by atoms with Crippen molar-refractivity contribution in [2.45, 2.75) is 0 Å². The fraction of sp³-hybridized carbons (Fsp3) is 0.235. The van der Waals surface area contributed by atoms with Crippen LogP contribution in [0, 0.1) is 0 Å². The van der Waals surface area contributed by atoms with E-state index in [4.69, 9.17) is 30.6 Å². The van der Waals surface area contributed by atoms with E-state index >= 15 is 0 Å². The Morgan fingerprint density at radius 3 is 2.61 bits per heavy atom. The highest BCUT2D eigenvalue weighted by atomic mass is 35.5. The Morgan fingerprint density at radius 1 is 1.04 bits per heavy atom. The van der Waals surface area contributed by atoms with Crippen LogP contribution in [0.15, 0.2) is 47.6 Å².